The fourth-order valence-corrected chi connectivity index (χ4v) is 1.51. The van der Waals surface area contributed by atoms with E-state index >= 15 is 0 Å². The average Bonchev–Trinajstić information content (AvgIpc) is 2.80. The van der Waals surface area contributed by atoms with Crippen molar-refractivity contribution in [1.29, 1.82) is 0 Å². The minimum absolute atomic E-state index is 0.182. The second-order valence-corrected chi connectivity index (χ2v) is 3.85. The zero-order valence-electron chi connectivity index (χ0n) is 8.30. The number of likely N-dealkylation sites (N-methyl/N-ethyl adjacent to an activating group) is 1. The fraction of sp³-hybridized carbons (Fsp3) is 0.778. The smallest absolute Gasteiger partial charge is 0.307 e. The van der Waals surface area contributed by atoms with Gasteiger partial charge in [0.05, 0.1) is 17.9 Å². The summed E-state index contributed by atoms with van der Waals surface area (Å²) in [5.74, 6) is -1.98. The second kappa shape index (κ2) is 3.96. The summed E-state index contributed by atoms with van der Waals surface area (Å²) in [6.07, 6.45) is -0.149. The molecule has 14 heavy (non-hydrogen) atoms. The number of amides is 1. The van der Waals surface area contributed by atoms with Crippen molar-refractivity contribution in [1.82, 2.24) is 4.90 Å². The molecule has 1 unspecified atom stereocenters. The van der Waals surface area contributed by atoms with Gasteiger partial charge in [-0.1, -0.05) is 0 Å². The topological polar surface area (TPSA) is 77.8 Å². The molecule has 0 aliphatic heterocycles. The van der Waals surface area contributed by atoms with Crippen LogP contribution in [0.2, 0.25) is 0 Å². The Kier molecular flexibility index (Phi) is 3.10. The van der Waals surface area contributed by atoms with Crippen molar-refractivity contribution in [2.45, 2.75) is 19.4 Å². The molecule has 0 radical (unpaired) electrons. The number of carbonyl (C=O) groups excluding carboxylic acids is 1. The highest BCUT2D eigenvalue weighted by molar-refractivity contribution is 5.89. The second-order valence-electron chi connectivity index (χ2n) is 3.85. The number of hydrogen-bond donors (Lipinski definition) is 2. The molecule has 1 amide bonds. The van der Waals surface area contributed by atoms with E-state index in [1.54, 1.807) is 14.0 Å². The van der Waals surface area contributed by atoms with Gasteiger partial charge in [0, 0.05) is 13.6 Å². The first kappa shape index (κ1) is 11.0. The van der Waals surface area contributed by atoms with Gasteiger partial charge >= 0.3 is 5.97 Å². The Morgan fingerprint density at radius 3 is 2.43 bits per heavy atom. The lowest BCUT2D eigenvalue weighted by atomic mass is 10.2. The first-order valence-corrected chi connectivity index (χ1v) is 4.59. The van der Waals surface area contributed by atoms with Gasteiger partial charge in [0.1, 0.15) is 0 Å². The third-order valence-electron chi connectivity index (χ3n) is 2.34. The highest BCUT2D eigenvalue weighted by atomic mass is 16.4. The van der Waals surface area contributed by atoms with Crippen LogP contribution in [-0.4, -0.2) is 46.7 Å². The van der Waals surface area contributed by atoms with Crippen molar-refractivity contribution in [3.63, 3.8) is 0 Å². The Labute approximate surface area is 82.3 Å². The standard InChI is InChI=1S/C9H15NO4/c1-5(11)4-10(2)8(12)6-3-7(6)9(13)14/h5-7,11H,3-4H2,1-2H3,(H,13,14)/t5?,6-,7+/m1/s1. The summed E-state index contributed by atoms with van der Waals surface area (Å²) in [4.78, 5) is 23.4. The molecule has 5 nitrogen and oxygen atoms in total. The Morgan fingerprint density at radius 1 is 1.50 bits per heavy atom. The number of carbonyl (C=O) groups is 2. The summed E-state index contributed by atoms with van der Waals surface area (Å²) < 4.78 is 0. The zero-order valence-corrected chi connectivity index (χ0v) is 8.30. The maximum absolute atomic E-state index is 11.5. The van der Waals surface area contributed by atoms with Crippen LogP contribution in [0.15, 0.2) is 0 Å². The summed E-state index contributed by atoms with van der Waals surface area (Å²) in [5, 5.41) is 17.7. The third kappa shape index (κ3) is 2.45. The van der Waals surface area contributed by atoms with Gasteiger partial charge in [0.15, 0.2) is 0 Å². The first-order valence-electron chi connectivity index (χ1n) is 4.59. The Hall–Kier alpha value is -1.10. The van der Waals surface area contributed by atoms with E-state index in [4.69, 9.17) is 10.2 Å². The highest BCUT2D eigenvalue weighted by Crippen LogP contribution is 2.39. The van der Waals surface area contributed by atoms with E-state index in [0.717, 1.165) is 0 Å². The fourth-order valence-electron chi connectivity index (χ4n) is 1.51. The number of carboxylic acid groups (broad SMARTS) is 1. The molecule has 0 heterocycles. The van der Waals surface area contributed by atoms with Gasteiger partial charge < -0.3 is 15.1 Å². The molecule has 0 aromatic heterocycles. The molecule has 1 aliphatic carbocycles. The highest BCUT2D eigenvalue weighted by Gasteiger charge is 2.49. The van der Waals surface area contributed by atoms with E-state index in [9.17, 15) is 9.59 Å². The lowest BCUT2D eigenvalue weighted by Crippen LogP contribution is -2.34. The number of aliphatic hydroxyl groups excluding tert-OH is 1. The van der Waals surface area contributed by atoms with Gasteiger partial charge in [-0.25, -0.2) is 0 Å². The molecule has 1 fully saturated rings. The van der Waals surface area contributed by atoms with Crippen molar-refractivity contribution in [2.75, 3.05) is 13.6 Å². The van der Waals surface area contributed by atoms with Crippen molar-refractivity contribution >= 4 is 11.9 Å². The normalized spacial score (nSPS) is 26.8. The summed E-state index contributed by atoms with van der Waals surface area (Å²) in [6.45, 7) is 1.84. The molecular weight excluding hydrogens is 186 g/mol. The zero-order chi connectivity index (χ0) is 10.9. The van der Waals surface area contributed by atoms with Crippen molar-refractivity contribution in [3.05, 3.63) is 0 Å². The first-order chi connectivity index (χ1) is 6.43. The van der Waals surface area contributed by atoms with Gasteiger partial charge in [-0.3, -0.25) is 9.59 Å². The number of nitrogens with zero attached hydrogens (tertiary/aromatic N) is 1. The van der Waals surface area contributed by atoms with Crippen LogP contribution in [0.1, 0.15) is 13.3 Å². The molecule has 0 spiro atoms. The Balaban J connectivity index is 2.40. The van der Waals surface area contributed by atoms with Gasteiger partial charge in [0.25, 0.3) is 0 Å². The summed E-state index contributed by atoms with van der Waals surface area (Å²) in [6, 6.07) is 0. The molecule has 5 heteroatoms. The minimum atomic E-state index is -0.909. The van der Waals surface area contributed by atoms with Gasteiger partial charge in [0.2, 0.25) is 5.91 Å². The summed E-state index contributed by atoms with van der Waals surface area (Å²) >= 11 is 0. The SMILES string of the molecule is CC(O)CN(C)C(=O)[C@@H]1C[C@@H]1C(=O)O. The van der Waals surface area contributed by atoms with Crippen LogP contribution in [0.25, 0.3) is 0 Å². The quantitative estimate of drug-likeness (QED) is 0.645. The molecular formula is C9H15NO4. The molecule has 2 N–H and O–H groups in total. The van der Waals surface area contributed by atoms with Crippen LogP contribution < -0.4 is 0 Å². The molecule has 0 bridgehead atoms. The number of aliphatic hydroxyl groups is 1. The predicted molar refractivity (Wildman–Crippen MR) is 48.6 cm³/mol. The maximum atomic E-state index is 11.5. The molecule has 1 saturated carbocycles. The number of hydrogen-bond acceptors (Lipinski definition) is 3. The monoisotopic (exact) mass is 201 g/mol. The van der Waals surface area contributed by atoms with Crippen molar-refractivity contribution in [2.24, 2.45) is 11.8 Å². The lowest BCUT2D eigenvalue weighted by molar-refractivity contribution is -0.141. The van der Waals surface area contributed by atoms with E-state index < -0.39 is 18.0 Å². The molecule has 3 atom stereocenters. The summed E-state index contributed by atoms with van der Waals surface area (Å²) in [5.41, 5.74) is 0. The molecule has 0 aromatic rings. The van der Waals surface area contributed by atoms with E-state index in [-0.39, 0.29) is 18.4 Å². The van der Waals surface area contributed by atoms with Crippen LogP contribution in [0.4, 0.5) is 0 Å². The van der Waals surface area contributed by atoms with Gasteiger partial charge in [-0.2, -0.15) is 0 Å². The van der Waals surface area contributed by atoms with Crippen LogP contribution >= 0.6 is 0 Å². The molecule has 80 valence electrons. The number of carboxylic acids is 1. The summed E-state index contributed by atoms with van der Waals surface area (Å²) in [7, 11) is 1.58. The van der Waals surface area contributed by atoms with E-state index in [1.807, 2.05) is 0 Å². The van der Waals surface area contributed by atoms with E-state index in [2.05, 4.69) is 0 Å². The van der Waals surface area contributed by atoms with Crippen molar-refractivity contribution < 1.29 is 19.8 Å². The minimum Gasteiger partial charge on any atom is -0.481 e. The third-order valence-corrected chi connectivity index (χ3v) is 2.34. The van der Waals surface area contributed by atoms with Crippen LogP contribution in [0.3, 0.4) is 0 Å². The van der Waals surface area contributed by atoms with Crippen LogP contribution in [0.5, 0.6) is 0 Å². The maximum Gasteiger partial charge on any atom is 0.307 e. The Morgan fingerprint density at radius 2 is 2.07 bits per heavy atom. The van der Waals surface area contributed by atoms with Gasteiger partial charge in [-0.05, 0) is 13.3 Å². The molecule has 1 aliphatic rings. The largest absolute Gasteiger partial charge is 0.481 e. The molecule has 1 rings (SSSR count). The van der Waals surface area contributed by atoms with E-state index in [1.165, 1.54) is 4.90 Å². The van der Waals surface area contributed by atoms with Crippen LogP contribution in [-0.2, 0) is 9.59 Å². The lowest BCUT2D eigenvalue weighted by Gasteiger charge is -2.18. The van der Waals surface area contributed by atoms with Crippen molar-refractivity contribution in [3.8, 4) is 0 Å². The number of aliphatic carboxylic acids is 1. The van der Waals surface area contributed by atoms with Gasteiger partial charge in [-0.15, -0.1) is 0 Å². The van der Waals surface area contributed by atoms with E-state index in [0.29, 0.717) is 6.42 Å². The average molecular weight is 201 g/mol. The molecule has 0 aromatic carbocycles. The Bertz CT molecular complexity index is 251. The predicted octanol–water partition coefficient (Wildman–Crippen LogP) is -0.454. The number of rotatable bonds is 4. The molecule has 0 saturated heterocycles. The van der Waals surface area contributed by atoms with Crippen LogP contribution in [0, 0.1) is 11.8 Å².